The zero-order valence-corrected chi connectivity index (χ0v) is 13.4. The molecule has 24 heavy (non-hydrogen) atoms. The lowest BCUT2D eigenvalue weighted by Gasteiger charge is -2.29. The van der Waals surface area contributed by atoms with Crippen molar-refractivity contribution in [1.29, 1.82) is 0 Å². The van der Waals surface area contributed by atoms with Crippen LogP contribution in [0, 0.1) is 0 Å². The van der Waals surface area contributed by atoms with Gasteiger partial charge in [-0.15, -0.1) is 0 Å². The van der Waals surface area contributed by atoms with Crippen LogP contribution in [0.5, 0.6) is 0 Å². The van der Waals surface area contributed by atoms with E-state index in [4.69, 9.17) is 0 Å². The van der Waals surface area contributed by atoms with Crippen LogP contribution < -0.4 is 10.6 Å². The van der Waals surface area contributed by atoms with Crippen molar-refractivity contribution in [3.05, 3.63) is 12.7 Å². The Morgan fingerprint density at radius 3 is 2.83 bits per heavy atom. The molecule has 9 nitrogen and oxygen atoms in total. The van der Waals surface area contributed by atoms with Crippen LogP contribution in [-0.2, 0) is 0 Å². The summed E-state index contributed by atoms with van der Waals surface area (Å²) < 4.78 is 1.72. The van der Waals surface area contributed by atoms with Crippen molar-refractivity contribution in [2.75, 3.05) is 18.4 Å². The van der Waals surface area contributed by atoms with E-state index < -0.39 is 23.9 Å². The molecule has 2 fully saturated rings. The minimum atomic E-state index is -1.46. The van der Waals surface area contributed by atoms with Gasteiger partial charge in [0.2, 0.25) is 0 Å². The zero-order chi connectivity index (χ0) is 16.9. The number of aliphatic hydroxyl groups is 3. The number of anilines is 1. The Morgan fingerprint density at radius 1 is 1.33 bits per heavy atom. The van der Waals surface area contributed by atoms with Crippen LogP contribution in [0.4, 0.5) is 5.82 Å². The monoisotopic (exact) mass is 334 g/mol. The minimum absolute atomic E-state index is 0.235. The number of aliphatic hydroxyl groups excluding tert-OH is 2. The molecular weight excluding hydrogens is 312 g/mol. The highest BCUT2D eigenvalue weighted by atomic mass is 16.4. The van der Waals surface area contributed by atoms with Gasteiger partial charge in [-0.3, -0.25) is 0 Å². The molecule has 0 bridgehead atoms. The maximum absolute atomic E-state index is 10.6. The highest BCUT2D eigenvalue weighted by Gasteiger charge is 2.51. The van der Waals surface area contributed by atoms with E-state index in [0.29, 0.717) is 23.0 Å². The summed E-state index contributed by atoms with van der Waals surface area (Å²) in [7, 11) is 0. The Kier molecular flexibility index (Phi) is 3.68. The van der Waals surface area contributed by atoms with Crippen LogP contribution in [0.15, 0.2) is 12.7 Å². The third-order valence-corrected chi connectivity index (χ3v) is 5.20. The molecule has 9 heteroatoms. The second-order valence-corrected chi connectivity index (χ2v) is 6.87. The number of fused-ring (bicyclic) bond motifs is 1. The SMILES string of the molecule is C[C@@]1(O)[C@H](O)[C@H](O)C[C@H]1n1cnc2c(N[C@H]3CCNC3)ncnc21. The third-order valence-electron chi connectivity index (χ3n) is 5.20. The molecular formula is C15H22N6O3. The van der Waals surface area contributed by atoms with Crippen molar-refractivity contribution >= 4 is 17.0 Å². The van der Waals surface area contributed by atoms with E-state index in [0.717, 1.165) is 19.5 Å². The maximum atomic E-state index is 10.6. The first-order valence-corrected chi connectivity index (χ1v) is 8.21. The van der Waals surface area contributed by atoms with E-state index in [1.54, 1.807) is 10.9 Å². The standard InChI is InChI=1S/C15H22N6O3/c1-15(24)10(4-9(22)12(15)23)21-7-19-11-13(17-6-18-14(11)21)20-8-2-3-16-5-8/h6-10,12,16,22-24H,2-5H2,1H3,(H,17,18,20)/t8-,9+,10+,12+,15-/m0/s1. The van der Waals surface area contributed by atoms with Gasteiger partial charge in [-0.05, 0) is 26.3 Å². The average molecular weight is 334 g/mol. The Bertz CT molecular complexity index is 742. The van der Waals surface area contributed by atoms with E-state index in [1.165, 1.54) is 13.3 Å². The van der Waals surface area contributed by atoms with E-state index in [9.17, 15) is 15.3 Å². The van der Waals surface area contributed by atoms with Gasteiger partial charge >= 0.3 is 0 Å². The molecule has 2 aromatic rings. The van der Waals surface area contributed by atoms with Gasteiger partial charge in [-0.1, -0.05) is 0 Å². The number of nitrogens with one attached hydrogen (secondary N) is 2. The molecule has 5 atom stereocenters. The van der Waals surface area contributed by atoms with Gasteiger partial charge in [0.05, 0.1) is 18.5 Å². The Morgan fingerprint density at radius 2 is 2.17 bits per heavy atom. The van der Waals surface area contributed by atoms with E-state index in [-0.39, 0.29) is 6.42 Å². The average Bonchev–Trinajstić information content (AvgIpc) is 3.25. The molecule has 2 aliphatic rings. The zero-order valence-electron chi connectivity index (χ0n) is 13.4. The summed E-state index contributed by atoms with van der Waals surface area (Å²) in [6.07, 6.45) is 2.11. The van der Waals surface area contributed by atoms with Crippen molar-refractivity contribution < 1.29 is 15.3 Å². The molecule has 0 amide bonds. The van der Waals surface area contributed by atoms with E-state index >= 15 is 0 Å². The molecule has 2 aromatic heterocycles. The molecule has 1 aliphatic heterocycles. The van der Waals surface area contributed by atoms with Crippen LogP contribution in [0.25, 0.3) is 11.2 Å². The molecule has 1 aliphatic carbocycles. The van der Waals surface area contributed by atoms with Crippen molar-refractivity contribution in [2.24, 2.45) is 0 Å². The predicted molar refractivity (Wildman–Crippen MR) is 86.5 cm³/mol. The lowest BCUT2D eigenvalue weighted by molar-refractivity contribution is -0.0884. The number of aromatic nitrogens is 4. The van der Waals surface area contributed by atoms with Gasteiger partial charge in [-0.25, -0.2) is 15.0 Å². The topological polar surface area (TPSA) is 128 Å². The first-order chi connectivity index (χ1) is 11.5. The quantitative estimate of drug-likeness (QED) is 0.484. The number of hydrogen-bond acceptors (Lipinski definition) is 8. The largest absolute Gasteiger partial charge is 0.390 e. The van der Waals surface area contributed by atoms with Crippen LogP contribution >= 0.6 is 0 Å². The summed E-state index contributed by atoms with van der Waals surface area (Å²) in [6, 6.07) is -0.213. The molecule has 4 rings (SSSR count). The van der Waals surface area contributed by atoms with Gasteiger partial charge in [-0.2, -0.15) is 0 Å². The fourth-order valence-electron chi connectivity index (χ4n) is 3.73. The molecule has 0 unspecified atom stereocenters. The third kappa shape index (κ3) is 2.35. The summed E-state index contributed by atoms with van der Waals surface area (Å²) in [5.74, 6) is 0.659. The van der Waals surface area contributed by atoms with Crippen molar-refractivity contribution in [1.82, 2.24) is 24.8 Å². The van der Waals surface area contributed by atoms with Crippen molar-refractivity contribution in [2.45, 2.75) is 49.7 Å². The summed E-state index contributed by atoms with van der Waals surface area (Å²) in [4.78, 5) is 13.0. The van der Waals surface area contributed by atoms with Crippen molar-refractivity contribution in [3.63, 3.8) is 0 Å². The second kappa shape index (κ2) is 5.62. The Balaban J connectivity index is 1.70. The van der Waals surface area contributed by atoms with Gasteiger partial charge in [0, 0.05) is 12.6 Å². The van der Waals surface area contributed by atoms with E-state index in [1.807, 2.05) is 0 Å². The van der Waals surface area contributed by atoms with Gasteiger partial charge in [0.15, 0.2) is 11.5 Å². The van der Waals surface area contributed by atoms with E-state index in [2.05, 4.69) is 25.6 Å². The summed E-state index contributed by atoms with van der Waals surface area (Å²) >= 11 is 0. The molecule has 3 heterocycles. The number of imidazole rings is 1. The fraction of sp³-hybridized carbons (Fsp3) is 0.667. The summed E-state index contributed by atoms with van der Waals surface area (Å²) in [5.41, 5.74) is -0.262. The van der Waals surface area contributed by atoms with Gasteiger partial charge < -0.3 is 30.5 Å². The lowest BCUT2D eigenvalue weighted by atomic mass is 9.98. The first-order valence-electron chi connectivity index (χ1n) is 8.21. The molecule has 5 N–H and O–H groups in total. The maximum Gasteiger partial charge on any atom is 0.165 e. The molecule has 0 spiro atoms. The highest BCUT2D eigenvalue weighted by molar-refractivity contribution is 5.83. The fourth-order valence-corrected chi connectivity index (χ4v) is 3.73. The number of rotatable bonds is 3. The molecule has 1 saturated carbocycles. The molecule has 1 saturated heterocycles. The minimum Gasteiger partial charge on any atom is -0.390 e. The molecule has 0 radical (unpaired) electrons. The number of nitrogens with zero attached hydrogens (tertiary/aromatic N) is 4. The van der Waals surface area contributed by atoms with Crippen LogP contribution in [0.1, 0.15) is 25.8 Å². The summed E-state index contributed by atoms with van der Waals surface area (Å²) in [6.45, 7) is 3.37. The van der Waals surface area contributed by atoms with Crippen LogP contribution in [0.2, 0.25) is 0 Å². The lowest BCUT2D eigenvalue weighted by Crippen LogP contribution is -2.43. The Labute approximate surface area is 138 Å². The van der Waals surface area contributed by atoms with Crippen LogP contribution in [-0.4, -0.2) is 71.8 Å². The highest BCUT2D eigenvalue weighted by Crippen LogP contribution is 2.41. The smallest absolute Gasteiger partial charge is 0.165 e. The molecule has 0 aromatic carbocycles. The van der Waals surface area contributed by atoms with Crippen molar-refractivity contribution in [3.8, 4) is 0 Å². The Hall–Kier alpha value is -1.81. The van der Waals surface area contributed by atoms with Crippen LogP contribution in [0.3, 0.4) is 0 Å². The van der Waals surface area contributed by atoms with Gasteiger partial charge in [0.1, 0.15) is 23.5 Å². The molecule has 130 valence electrons. The first kappa shape index (κ1) is 15.7. The second-order valence-electron chi connectivity index (χ2n) is 6.87. The van der Waals surface area contributed by atoms with Gasteiger partial charge in [0.25, 0.3) is 0 Å². The number of hydrogen-bond donors (Lipinski definition) is 5. The summed E-state index contributed by atoms with van der Waals surface area (Å²) in [5, 5.41) is 37.2. The normalized spacial score (nSPS) is 36.5. The predicted octanol–water partition coefficient (Wildman–Crippen LogP) is -0.982.